The molecule has 1 unspecified atom stereocenters. The zero-order chi connectivity index (χ0) is 9.84. The summed E-state index contributed by atoms with van der Waals surface area (Å²) in [5, 5.41) is 6.91. The number of likely N-dealkylation sites (N-methyl/N-ethyl adjacent to an activating group) is 1. The van der Waals surface area contributed by atoms with Crippen molar-refractivity contribution >= 4 is 5.78 Å². The van der Waals surface area contributed by atoms with Crippen LogP contribution in [0.1, 0.15) is 12.5 Å². The van der Waals surface area contributed by atoms with Crippen LogP contribution in [-0.2, 0) is 18.3 Å². The van der Waals surface area contributed by atoms with Crippen molar-refractivity contribution in [3.63, 3.8) is 0 Å². The second-order valence-electron chi connectivity index (χ2n) is 3.18. The molecule has 13 heavy (non-hydrogen) atoms. The van der Waals surface area contributed by atoms with Gasteiger partial charge in [0.15, 0.2) is 5.78 Å². The number of nitrogens with zero attached hydrogens (tertiary/aromatic N) is 2. The van der Waals surface area contributed by atoms with Crippen LogP contribution >= 0.6 is 0 Å². The van der Waals surface area contributed by atoms with Gasteiger partial charge in [0.05, 0.1) is 12.2 Å². The van der Waals surface area contributed by atoms with E-state index in [2.05, 4.69) is 10.4 Å². The second kappa shape index (κ2) is 4.18. The van der Waals surface area contributed by atoms with E-state index < -0.39 is 0 Å². The van der Waals surface area contributed by atoms with Crippen molar-refractivity contribution in [3.05, 3.63) is 18.0 Å². The first-order valence-electron chi connectivity index (χ1n) is 4.31. The van der Waals surface area contributed by atoms with Crippen molar-refractivity contribution < 1.29 is 4.79 Å². The highest BCUT2D eigenvalue weighted by atomic mass is 16.1. The van der Waals surface area contributed by atoms with Gasteiger partial charge in [-0.2, -0.15) is 5.10 Å². The Morgan fingerprint density at radius 1 is 1.77 bits per heavy atom. The van der Waals surface area contributed by atoms with Crippen molar-refractivity contribution in [1.82, 2.24) is 15.1 Å². The predicted molar refractivity (Wildman–Crippen MR) is 50.4 cm³/mol. The molecule has 0 aliphatic rings. The van der Waals surface area contributed by atoms with Gasteiger partial charge in [0.25, 0.3) is 0 Å². The molecule has 72 valence electrons. The molecule has 0 fully saturated rings. The van der Waals surface area contributed by atoms with Crippen molar-refractivity contribution in [3.8, 4) is 0 Å². The van der Waals surface area contributed by atoms with Crippen molar-refractivity contribution in [1.29, 1.82) is 0 Å². The number of hydrogen-bond acceptors (Lipinski definition) is 3. The SMILES string of the molecule is CNC(C)C(=O)Cc1cnn(C)c1. The van der Waals surface area contributed by atoms with Gasteiger partial charge < -0.3 is 5.32 Å². The van der Waals surface area contributed by atoms with Crippen LogP contribution in [0.2, 0.25) is 0 Å². The Labute approximate surface area is 77.9 Å². The zero-order valence-electron chi connectivity index (χ0n) is 8.24. The topological polar surface area (TPSA) is 46.9 Å². The summed E-state index contributed by atoms with van der Waals surface area (Å²) in [4.78, 5) is 11.5. The molecule has 0 saturated carbocycles. The van der Waals surface area contributed by atoms with Gasteiger partial charge in [0.1, 0.15) is 0 Å². The summed E-state index contributed by atoms with van der Waals surface area (Å²) in [7, 11) is 3.63. The summed E-state index contributed by atoms with van der Waals surface area (Å²) >= 11 is 0. The minimum Gasteiger partial charge on any atom is -0.311 e. The number of carbonyl (C=O) groups excluding carboxylic acids is 1. The van der Waals surface area contributed by atoms with E-state index in [4.69, 9.17) is 0 Å². The lowest BCUT2D eigenvalue weighted by atomic mass is 10.1. The van der Waals surface area contributed by atoms with Gasteiger partial charge in [-0.1, -0.05) is 0 Å². The summed E-state index contributed by atoms with van der Waals surface area (Å²) in [5.74, 6) is 0.190. The van der Waals surface area contributed by atoms with E-state index >= 15 is 0 Å². The van der Waals surface area contributed by atoms with Crippen LogP contribution in [-0.4, -0.2) is 28.7 Å². The van der Waals surface area contributed by atoms with E-state index in [0.29, 0.717) is 6.42 Å². The average molecular weight is 181 g/mol. The quantitative estimate of drug-likeness (QED) is 0.718. The van der Waals surface area contributed by atoms with Gasteiger partial charge in [0, 0.05) is 19.7 Å². The van der Waals surface area contributed by atoms with Crippen LogP contribution in [0, 0.1) is 0 Å². The molecule has 4 heteroatoms. The summed E-state index contributed by atoms with van der Waals surface area (Å²) in [5.41, 5.74) is 0.967. The van der Waals surface area contributed by atoms with E-state index in [1.165, 1.54) is 0 Å². The predicted octanol–water partition coefficient (Wildman–Crippen LogP) is 0.140. The average Bonchev–Trinajstić information content (AvgIpc) is 2.49. The molecule has 0 aliphatic heterocycles. The highest BCUT2D eigenvalue weighted by Gasteiger charge is 2.11. The zero-order valence-corrected chi connectivity index (χ0v) is 8.24. The fourth-order valence-corrected chi connectivity index (χ4v) is 1.08. The second-order valence-corrected chi connectivity index (χ2v) is 3.18. The molecule has 1 atom stereocenters. The molecule has 0 aliphatic carbocycles. The molecular formula is C9H15N3O. The van der Waals surface area contributed by atoms with Crippen LogP contribution in [0.3, 0.4) is 0 Å². The number of hydrogen-bond donors (Lipinski definition) is 1. The lowest BCUT2D eigenvalue weighted by Crippen LogP contribution is -2.31. The Bertz CT molecular complexity index is 293. The van der Waals surface area contributed by atoms with E-state index in [-0.39, 0.29) is 11.8 Å². The number of nitrogens with one attached hydrogen (secondary N) is 1. The maximum absolute atomic E-state index is 11.5. The monoisotopic (exact) mass is 181 g/mol. The minimum atomic E-state index is -0.0831. The maximum Gasteiger partial charge on any atom is 0.153 e. The number of carbonyl (C=O) groups is 1. The molecule has 4 nitrogen and oxygen atoms in total. The summed E-state index contributed by atoms with van der Waals surface area (Å²) < 4.78 is 1.70. The summed E-state index contributed by atoms with van der Waals surface area (Å²) in [6, 6.07) is -0.0831. The third-order valence-electron chi connectivity index (χ3n) is 2.05. The first-order valence-corrected chi connectivity index (χ1v) is 4.31. The Morgan fingerprint density at radius 2 is 2.46 bits per heavy atom. The van der Waals surface area contributed by atoms with E-state index in [0.717, 1.165) is 5.56 Å². The van der Waals surface area contributed by atoms with Crippen LogP contribution in [0.25, 0.3) is 0 Å². The third kappa shape index (κ3) is 2.66. The Hall–Kier alpha value is -1.16. The molecule has 1 N–H and O–H groups in total. The Kier molecular flexibility index (Phi) is 3.19. The fraction of sp³-hybridized carbons (Fsp3) is 0.556. The van der Waals surface area contributed by atoms with Crippen molar-refractivity contribution in [2.75, 3.05) is 7.05 Å². The van der Waals surface area contributed by atoms with E-state index in [1.54, 1.807) is 17.9 Å². The first kappa shape index (κ1) is 9.92. The van der Waals surface area contributed by atoms with Gasteiger partial charge in [-0.05, 0) is 19.5 Å². The summed E-state index contributed by atoms with van der Waals surface area (Å²) in [6.07, 6.45) is 4.04. The lowest BCUT2D eigenvalue weighted by molar-refractivity contribution is -0.119. The van der Waals surface area contributed by atoms with Gasteiger partial charge in [-0.15, -0.1) is 0 Å². The van der Waals surface area contributed by atoms with Gasteiger partial charge in [-0.25, -0.2) is 0 Å². The van der Waals surface area contributed by atoms with Crippen molar-refractivity contribution in [2.45, 2.75) is 19.4 Å². The number of aryl methyl sites for hydroxylation is 1. The normalized spacial score (nSPS) is 12.8. The minimum absolute atomic E-state index is 0.0831. The molecule has 1 rings (SSSR count). The van der Waals surface area contributed by atoms with Crippen LogP contribution in [0.5, 0.6) is 0 Å². The molecule has 1 aromatic heterocycles. The number of aromatic nitrogens is 2. The number of rotatable bonds is 4. The third-order valence-corrected chi connectivity index (χ3v) is 2.05. The van der Waals surface area contributed by atoms with Crippen molar-refractivity contribution in [2.24, 2.45) is 7.05 Å². The number of ketones is 1. The largest absolute Gasteiger partial charge is 0.311 e. The van der Waals surface area contributed by atoms with Crippen LogP contribution < -0.4 is 5.32 Å². The van der Waals surface area contributed by atoms with Gasteiger partial charge in [-0.3, -0.25) is 9.48 Å². The molecular weight excluding hydrogens is 166 g/mol. The molecule has 0 bridgehead atoms. The smallest absolute Gasteiger partial charge is 0.153 e. The molecule has 1 aromatic rings. The molecule has 0 radical (unpaired) electrons. The summed E-state index contributed by atoms with van der Waals surface area (Å²) in [6.45, 7) is 1.86. The highest BCUT2D eigenvalue weighted by molar-refractivity contribution is 5.85. The molecule has 0 saturated heterocycles. The van der Waals surface area contributed by atoms with Gasteiger partial charge >= 0.3 is 0 Å². The van der Waals surface area contributed by atoms with E-state index in [1.807, 2.05) is 20.2 Å². The Morgan fingerprint density at radius 3 is 2.92 bits per heavy atom. The highest BCUT2D eigenvalue weighted by Crippen LogP contribution is 2.00. The van der Waals surface area contributed by atoms with Gasteiger partial charge in [0.2, 0.25) is 0 Å². The fourth-order valence-electron chi connectivity index (χ4n) is 1.08. The Balaban J connectivity index is 2.54. The maximum atomic E-state index is 11.5. The first-order chi connectivity index (χ1) is 6.13. The van der Waals surface area contributed by atoms with Crippen LogP contribution in [0.4, 0.5) is 0 Å². The molecule has 0 spiro atoms. The number of Topliss-reactive ketones (excluding diaryl/α,β-unsaturated/α-hetero) is 1. The van der Waals surface area contributed by atoms with Crippen LogP contribution in [0.15, 0.2) is 12.4 Å². The molecule has 1 heterocycles. The lowest BCUT2D eigenvalue weighted by Gasteiger charge is -2.06. The standard InChI is InChI=1S/C9H15N3O/c1-7(10-2)9(13)4-8-5-11-12(3)6-8/h5-7,10H,4H2,1-3H3. The molecule has 0 amide bonds. The molecule has 0 aromatic carbocycles. The van der Waals surface area contributed by atoms with E-state index in [9.17, 15) is 4.79 Å².